The van der Waals surface area contributed by atoms with E-state index >= 15 is 0 Å². The lowest BCUT2D eigenvalue weighted by Crippen LogP contribution is -2.29. The van der Waals surface area contributed by atoms with Crippen molar-refractivity contribution < 1.29 is 8.42 Å². The zero-order valence-electron chi connectivity index (χ0n) is 12.0. The van der Waals surface area contributed by atoms with E-state index in [0.29, 0.717) is 16.3 Å². The molecule has 1 aromatic heterocycles. The van der Waals surface area contributed by atoms with Gasteiger partial charge in [-0.3, -0.25) is 0 Å². The summed E-state index contributed by atoms with van der Waals surface area (Å²) in [5.41, 5.74) is 1.62. The van der Waals surface area contributed by atoms with Gasteiger partial charge < -0.3 is 4.57 Å². The average molecular weight is 294 g/mol. The highest BCUT2D eigenvalue weighted by Crippen LogP contribution is 2.19. The number of hydrogen-bond acceptors (Lipinski definition) is 4. The molecule has 2 rings (SSSR count). The van der Waals surface area contributed by atoms with Gasteiger partial charge in [-0.25, -0.2) is 13.1 Å². The fraction of sp³-hybridized carbons (Fsp3) is 0.385. The Bertz CT molecular complexity index is 722. The first-order chi connectivity index (χ1) is 9.31. The molecule has 0 aliphatic heterocycles. The largest absolute Gasteiger partial charge is 0.319 e. The van der Waals surface area contributed by atoms with Crippen LogP contribution in [0, 0.1) is 13.8 Å². The summed E-state index contributed by atoms with van der Waals surface area (Å²) in [6.45, 7) is 5.39. The standard InChI is InChI=1S/C13H18N4O2S/c1-9-5-6-10(2)12(7-9)20(18,19)16-11(3)13-15-14-8-17(13)4/h5-8,11,16H,1-4H3. The molecule has 0 saturated heterocycles. The van der Waals surface area contributed by atoms with Crippen LogP contribution in [-0.2, 0) is 17.1 Å². The molecule has 1 unspecified atom stereocenters. The monoisotopic (exact) mass is 294 g/mol. The van der Waals surface area contributed by atoms with Crippen molar-refractivity contribution in [1.82, 2.24) is 19.5 Å². The molecule has 1 atom stereocenters. The minimum atomic E-state index is -3.59. The first-order valence-corrected chi connectivity index (χ1v) is 7.73. The van der Waals surface area contributed by atoms with Gasteiger partial charge in [0.1, 0.15) is 12.2 Å². The van der Waals surface area contributed by atoms with Crippen LogP contribution in [0.2, 0.25) is 0 Å². The zero-order chi connectivity index (χ0) is 14.9. The maximum Gasteiger partial charge on any atom is 0.241 e. The molecule has 0 spiro atoms. The number of sulfonamides is 1. The molecule has 0 saturated carbocycles. The smallest absolute Gasteiger partial charge is 0.241 e. The molecule has 7 heteroatoms. The number of nitrogens with one attached hydrogen (secondary N) is 1. The van der Waals surface area contributed by atoms with Crippen LogP contribution in [-0.4, -0.2) is 23.2 Å². The third kappa shape index (κ3) is 2.88. The quantitative estimate of drug-likeness (QED) is 0.926. The number of rotatable bonds is 4. The van der Waals surface area contributed by atoms with E-state index in [1.807, 2.05) is 13.0 Å². The minimum absolute atomic E-state index is 0.298. The van der Waals surface area contributed by atoms with Crippen LogP contribution in [0.4, 0.5) is 0 Å². The summed E-state index contributed by atoms with van der Waals surface area (Å²) >= 11 is 0. The van der Waals surface area contributed by atoms with Crippen molar-refractivity contribution >= 4 is 10.0 Å². The average Bonchev–Trinajstić information content (AvgIpc) is 2.78. The van der Waals surface area contributed by atoms with Crippen molar-refractivity contribution in [2.75, 3.05) is 0 Å². The van der Waals surface area contributed by atoms with Crippen molar-refractivity contribution in [3.8, 4) is 0 Å². The number of benzene rings is 1. The molecule has 1 aromatic carbocycles. The van der Waals surface area contributed by atoms with Gasteiger partial charge in [-0.2, -0.15) is 0 Å². The van der Waals surface area contributed by atoms with E-state index in [2.05, 4.69) is 14.9 Å². The second-order valence-electron chi connectivity index (χ2n) is 4.91. The van der Waals surface area contributed by atoms with E-state index in [4.69, 9.17) is 0 Å². The molecule has 1 heterocycles. The lowest BCUT2D eigenvalue weighted by molar-refractivity contribution is 0.552. The highest BCUT2D eigenvalue weighted by Gasteiger charge is 2.22. The molecular formula is C13H18N4O2S. The predicted molar refractivity (Wildman–Crippen MR) is 75.7 cm³/mol. The van der Waals surface area contributed by atoms with E-state index in [-0.39, 0.29) is 0 Å². The van der Waals surface area contributed by atoms with Crippen molar-refractivity contribution in [2.24, 2.45) is 7.05 Å². The maximum absolute atomic E-state index is 12.5. The molecule has 2 aromatic rings. The van der Waals surface area contributed by atoms with Crippen LogP contribution in [0.5, 0.6) is 0 Å². The second-order valence-corrected chi connectivity index (χ2v) is 6.59. The van der Waals surface area contributed by atoms with Gasteiger partial charge >= 0.3 is 0 Å². The fourth-order valence-electron chi connectivity index (χ4n) is 2.03. The summed E-state index contributed by atoms with van der Waals surface area (Å²) in [5.74, 6) is 0.568. The highest BCUT2D eigenvalue weighted by molar-refractivity contribution is 7.89. The van der Waals surface area contributed by atoms with Crippen LogP contribution in [0.25, 0.3) is 0 Å². The molecule has 0 radical (unpaired) electrons. The Labute approximate surface area is 118 Å². The van der Waals surface area contributed by atoms with Gasteiger partial charge in [0.25, 0.3) is 0 Å². The Morgan fingerprint density at radius 1 is 1.30 bits per heavy atom. The molecule has 0 fully saturated rings. The molecule has 0 aliphatic carbocycles. The molecule has 0 amide bonds. The summed E-state index contributed by atoms with van der Waals surface area (Å²) in [5, 5.41) is 7.67. The SMILES string of the molecule is Cc1ccc(C)c(S(=O)(=O)NC(C)c2nncn2C)c1. The van der Waals surface area contributed by atoms with Crippen molar-refractivity contribution in [3.05, 3.63) is 41.5 Å². The van der Waals surface area contributed by atoms with Crippen molar-refractivity contribution in [3.63, 3.8) is 0 Å². The number of nitrogens with zero attached hydrogens (tertiary/aromatic N) is 3. The number of aryl methyl sites for hydroxylation is 3. The number of hydrogen-bond donors (Lipinski definition) is 1. The lowest BCUT2D eigenvalue weighted by Gasteiger charge is -2.15. The molecule has 6 nitrogen and oxygen atoms in total. The topological polar surface area (TPSA) is 76.9 Å². The van der Waals surface area contributed by atoms with E-state index in [9.17, 15) is 8.42 Å². The van der Waals surface area contributed by atoms with Crippen LogP contribution in [0.1, 0.15) is 29.9 Å². The summed E-state index contributed by atoms with van der Waals surface area (Å²) < 4.78 is 29.2. The maximum atomic E-state index is 12.5. The van der Waals surface area contributed by atoms with Crippen LogP contribution >= 0.6 is 0 Å². The Hall–Kier alpha value is -1.73. The van der Waals surface area contributed by atoms with Crippen LogP contribution in [0.15, 0.2) is 29.4 Å². The first kappa shape index (κ1) is 14.7. The molecule has 1 N–H and O–H groups in total. The Morgan fingerprint density at radius 2 is 2.00 bits per heavy atom. The van der Waals surface area contributed by atoms with E-state index in [0.717, 1.165) is 5.56 Å². The molecule has 0 bridgehead atoms. The van der Waals surface area contributed by atoms with E-state index in [1.165, 1.54) is 6.33 Å². The summed E-state index contributed by atoms with van der Waals surface area (Å²) in [6.07, 6.45) is 1.54. The lowest BCUT2D eigenvalue weighted by atomic mass is 10.2. The van der Waals surface area contributed by atoms with Gasteiger partial charge in [-0.1, -0.05) is 12.1 Å². The molecule has 0 aliphatic rings. The predicted octanol–water partition coefficient (Wildman–Crippen LogP) is 1.47. The van der Waals surface area contributed by atoms with Gasteiger partial charge in [0, 0.05) is 7.05 Å². The van der Waals surface area contributed by atoms with Gasteiger partial charge in [-0.05, 0) is 38.0 Å². The third-order valence-corrected chi connectivity index (χ3v) is 4.78. The molecular weight excluding hydrogens is 276 g/mol. The van der Waals surface area contributed by atoms with Crippen molar-refractivity contribution in [2.45, 2.75) is 31.7 Å². The number of aromatic nitrogens is 3. The van der Waals surface area contributed by atoms with E-state index < -0.39 is 16.1 Å². The second kappa shape index (κ2) is 5.34. The van der Waals surface area contributed by atoms with Crippen molar-refractivity contribution in [1.29, 1.82) is 0 Å². The Balaban J connectivity index is 2.32. The highest BCUT2D eigenvalue weighted by atomic mass is 32.2. The van der Waals surface area contributed by atoms with Gasteiger partial charge in [0.15, 0.2) is 0 Å². The summed E-state index contributed by atoms with van der Waals surface area (Å²) in [7, 11) is -1.81. The third-order valence-electron chi connectivity index (χ3n) is 3.10. The fourth-order valence-corrected chi connectivity index (χ4v) is 3.56. The minimum Gasteiger partial charge on any atom is -0.319 e. The van der Waals surface area contributed by atoms with E-state index in [1.54, 1.807) is 37.6 Å². The summed E-state index contributed by atoms with van der Waals surface area (Å²) in [4.78, 5) is 0.298. The first-order valence-electron chi connectivity index (χ1n) is 6.25. The zero-order valence-corrected chi connectivity index (χ0v) is 12.8. The van der Waals surface area contributed by atoms with Gasteiger partial charge in [0.05, 0.1) is 10.9 Å². The van der Waals surface area contributed by atoms with Crippen LogP contribution < -0.4 is 4.72 Å². The van der Waals surface area contributed by atoms with Gasteiger partial charge in [0.2, 0.25) is 10.0 Å². The normalized spacial score (nSPS) is 13.4. The summed E-state index contributed by atoms with van der Waals surface area (Å²) in [6, 6.07) is 4.91. The Morgan fingerprint density at radius 3 is 2.60 bits per heavy atom. The van der Waals surface area contributed by atoms with Crippen LogP contribution in [0.3, 0.4) is 0 Å². The molecule has 108 valence electrons. The Kier molecular flexibility index (Phi) is 3.92. The van der Waals surface area contributed by atoms with Gasteiger partial charge in [-0.15, -0.1) is 10.2 Å². The molecule has 20 heavy (non-hydrogen) atoms.